The number of carbonyl (C=O) groups is 1. The Morgan fingerprint density at radius 1 is 1.05 bits per heavy atom. The Bertz CT molecular complexity index is 703. The predicted octanol–water partition coefficient (Wildman–Crippen LogP) is 2.28. The molecule has 0 saturated carbocycles. The molecule has 0 unspecified atom stereocenters. The first-order valence-corrected chi connectivity index (χ1v) is 7.89. The first kappa shape index (κ1) is 15.5. The van der Waals surface area contributed by atoms with Crippen LogP contribution in [0.3, 0.4) is 0 Å². The summed E-state index contributed by atoms with van der Waals surface area (Å²) < 4.78 is 22.2. The smallest absolute Gasteiger partial charge is 0.251 e. The fourth-order valence-corrected chi connectivity index (χ4v) is 2.67. The Hall–Kier alpha value is -1.85. The largest absolute Gasteiger partial charge is 0.352 e. The standard InChI is InChI=1S/C15H14ClNO3S/c16-13-7-5-12(6-8-13)15(18)17-10-9-11-3-1-2-4-14(11)21(19)20/h1-8,21H,9-10H2,(H,17,18). The minimum atomic E-state index is -2.62. The topological polar surface area (TPSA) is 63.2 Å². The van der Waals surface area contributed by atoms with Crippen LogP contribution in [0.25, 0.3) is 0 Å². The quantitative estimate of drug-likeness (QED) is 0.830. The highest BCUT2D eigenvalue weighted by Crippen LogP contribution is 2.11. The summed E-state index contributed by atoms with van der Waals surface area (Å²) in [6.07, 6.45) is 0.457. The molecule has 0 bridgehead atoms. The van der Waals surface area contributed by atoms with Crippen molar-refractivity contribution in [1.82, 2.24) is 5.32 Å². The molecule has 0 saturated heterocycles. The predicted molar refractivity (Wildman–Crippen MR) is 82.5 cm³/mol. The average molecular weight is 324 g/mol. The lowest BCUT2D eigenvalue weighted by Gasteiger charge is -2.07. The number of carbonyl (C=O) groups excluding carboxylic acids is 1. The summed E-state index contributed by atoms with van der Waals surface area (Å²) in [5.74, 6) is -0.212. The van der Waals surface area contributed by atoms with E-state index >= 15 is 0 Å². The number of hydrogen-bond acceptors (Lipinski definition) is 3. The number of halogens is 1. The molecule has 0 radical (unpaired) electrons. The Morgan fingerprint density at radius 3 is 2.38 bits per heavy atom. The van der Waals surface area contributed by atoms with E-state index in [1.165, 1.54) is 0 Å². The van der Waals surface area contributed by atoms with Gasteiger partial charge in [0.15, 0.2) is 10.7 Å². The minimum Gasteiger partial charge on any atom is -0.352 e. The van der Waals surface area contributed by atoms with Crippen molar-refractivity contribution < 1.29 is 13.2 Å². The van der Waals surface area contributed by atoms with Crippen LogP contribution in [0.1, 0.15) is 15.9 Å². The van der Waals surface area contributed by atoms with Crippen LogP contribution in [0.2, 0.25) is 5.02 Å². The molecule has 4 nitrogen and oxygen atoms in total. The molecule has 0 aliphatic rings. The third-order valence-corrected chi connectivity index (χ3v) is 4.06. The van der Waals surface area contributed by atoms with Crippen LogP contribution in [0.4, 0.5) is 0 Å². The Balaban J connectivity index is 1.96. The monoisotopic (exact) mass is 323 g/mol. The fraction of sp³-hybridized carbons (Fsp3) is 0.133. The molecule has 2 aromatic rings. The maximum Gasteiger partial charge on any atom is 0.251 e. The molecular formula is C15H14ClNO3S. The Kier molecular flexibility index (Phi) is 5.36. The zero-order chi connectivity index (χ0) is 15.2. The summed E-state index contributed by atoms with van der Waals surface area (Å²) in [5.41, 5.74) is 1.22. The van der Waals surface area contributed by atoms with E-state index < -0.39 is 10.7 Å². The SMILES string of the molecule is O=C(NCCc1ccccc1[SH](=O)=O)c1ccc(Cl)cc1. The minimum absolute atomic E-state index is 0.212. The molecule has 2 rings (SSSR count). The van der Waals surface area contributed by atoms with Crippen molar-refractivity contribution in [3.05, 3.63) is 64.7 Å². The van der Waals surface area contributed by atoms with Gasteiger partial charge in [0, 0.05) is 17.1 Å². The average Bonchev–Trinajstić information content (AvgIpc) is 2.48. The van der Waals surface area contributed by atoms with Crippen molar-refractivity contribution in [2.24, 2.45) is 0 Å². The van der Waals surface area contributed by atoms with Gasteiger partial charge < -0.3 is 5.32 Å². The molecule has 6 heteroatoms. The molecule has 0 aliphatic carbocycles. The van der Waals surface area contributed by atoms with E-state index in [1.54, 1.807) is 48.5 Å². The molecule has 0 heterocycles. The number of thiol groups is 1. The summed E-state index contributed by atoms with van der Waals surface area (Å²) in [6, 6.07) is 13.3. The van der Waals surface area contributed by atoms with E-state index in [4.69, 9.17) is 11.6 Å². The van der Waals surface area contributed by atoms with Crippen LogP contribution in [-0.4, -0.2) is 20.9 Å². The van der Waals surface area contributed by atoms with Crippen molar-refractivity contribution >= 4 is 28.2 Å². The summed E-state index contributed by atoms with van der Waals surface area (Å²) in [4.78, 5) is 12.2. The molecule has 0 atom stereocenters. The molecule has 0 spiro atoms. The molecule has 0 aromatic heterocycles. The second-order valence-corrected chi connectivity index (χ2v) is 5.83. The van der Waals surface area contributed by atoms with Crippen molar-refractivity contribution in [3.63, 3.8) is 0 Å². The third-order valence-electron chi connectivity index (χ3n) is 2.97. The van der Waals surface area contributed by atoms with E-state index in [1.807, 2.05) is 0 Å². The summed E-state index contributed by atoms with van der Waals surface area (Å²) in [6.45, 7) is 0.363. The third kappa shape index (κ3) is 4.31. The number of hydrogen-bond donors (Lipinski definition) is 2. The lowest BCUT2D eigenvalue weighted by atomic mass is 10.1. The van der Waals surface area contributed by atoms with Crippen LogP contribution in [0, 0.1) is 0 Å². The molecule has 21 heavy (non-hydrogen) atoms. The highest BCUT2D eigenvalue weighted by atomic mass is 35.5. The van der Waals surface area contributed by atoms with Crippen molar-refractivity contribution in [2.45, 2.75) is 11.3 Å². The first-order valence-electron chi connectivity index (χ1n) is 6.34. The number of nitrogens with one attached hydrogen (secondary N) is 1. The van der Waals surface area contributed by atoms with Crippen LogP contribution in [0.5, 0.6) is 0 Å². The molecule has 2 aromatic carbocycles. The van der Waals surface area contributed by atoms with E-state index in [0.717, 1.165) is 0 Å². The number of rotatable bonds is 5. The molecule has 1 N–H and O–H groups in total. The van der Waals surface area contributed by atoms with Crippen LogP contribution in [0.15, 0.2) is 53.4 Å². The van der Waals surface area contributed by atoms with E-state index in [2.05, 4.69) is 5.32 Å². The number of amides is 1. The lowest BCUT2D eigenvalue weighted by Crippen LogP contribution is -2.25. The normalized spacial score (nSPS) is 10.6. The second-order valence-electron chi connectivity index (χ2n) is 4.40. The van der Waals surface area contributed by atoms with E-state index in [9.17, 15) is 13.2 Å². The van der Waals surface area contributed by atoms with Crippen molar-refractivity contribution in [2.75, 3.05) is 6.54 Å². The van der Waals surface area contributed by atoms with Crippen molar-refractivity contribution in [3.8, 4) is 0 Å². The van der Waals surface area contributed by atoms with Gasteiger partial charge in [-0.05, 0) is 42.3 Å². The molecule has 1 amide bonds. The van der Waals surface area contributed by atoms with Crippen LogP contribution < -0.4 is 5.32 Å². The van der Waals surface area contributed by atoms with Gasteiger partial charge in [-0.2, -0.15) is 0 Å². The van der Waals surface area contributed by atoms with Gasteiger partial charge in [-0.15, -0.1) is 0 Å². The van der Waals surface area contributed by atoms with Gasteiger partial charge in [-0.1, -0.05) is 29.8 Å². The van der Waals surface area contributed by atoms with Crippen LogP contribution >= 0.6 is 11.6 Å². The van der Waals surface area contributed by atoms with Gasteiger partial charge >= 0.3 is 0 Å². The first-order chi connectivity index (χ1) is 10.1. The lowest BCUT2D eigenvalue weighted by molar-refractivity contribution is 0.0954. The zero-order valence-corrected chi connectivity index (χ0v) is 12.7. The van der Waals surface area contributed by atoms with Gasteiger partial charge in [0.1, 0.15) is 0 Å². The molecule has 0 aliphatic heterocycles. The highest BCUT2D eigenvalue weighted by Gasteiger charge is 2.07. The van der Waals surface area contributed by atoms with Gasteiger partial charge in [-0.25, -0.2) is 8.42 Å². The molecule has 0 fully saturated rings. The Morgan fingerprint density at radius 2 is 1.71 bits per heavy atom. The zero-order valence-electron chi connectivity index (χ0n) is 11.1. The van der Waals surface area contributed by atoms with E-state index in [-0.39, 0.29) is 5.91 Å². The van der Waals surface area contributed by atoms with Crippen LogP contribution in [-0.2, 0) is 17.1 Å². The maximum absolute atomic E-state index is 11.9. The van der Waals surface area contributed by atoms with Gasteiger partial charge in [0.2, 0.25) is 0 Å². The van der Waals surface area contributed by atoms with E-state index in [0.29, 0.717) is 34.0 Å². The molecule has 110 valence electrons. The summed E-state index contributed by atoms with van der Waals surface area (Å²) in [5, 5.41) is 3.32. The maximum atomic E-state index is 11.9. The van der Waals surface area contributed by atoms with Gasteiger partial charge in [0.25, 0.3) is 5.91 Å². The molecular weight excluding hydrogens is 310 g/mol. The van der Waals surface area contributed by atoms with Gasteiger partial charge in [-0.3, -0.25) is 4.79 Å². The highest BCUT2D eigenvalue weighted by molar-refractivity contribution is 7.72. The Labute approximate surface area is 129 Å². The number of benzene rings is 2. The summed E-state index contributed by atoms with van der Waals surface area (Å²) in [7, 11) is -2.62. The summed E-state index contributed by atoms with van der Waals surface area (Å²) >= 11 is 5.76. The fourth-order valence-electron chi connectivity index (χ4n) is 1.91. The second kappa shape index (κ2) is 7.24. The van der Waals surface area contributed by atoms with Gasteiger partial charge in [0.05, 0.1) is 4.90 Å². The van der Waals surface area contributed by atoms with Crippen molar-refractivity contribution in [1.29, 1.82) is 0 Å².